The summed E-state index contributed by atoms with van der Waals surface area (Å²) in [6.07, 6.45) is -4.97. The second-order valence-electron chi connectivity index (χ2n) is 3.20. The van der Waals surface area contributed by atoms with Crippen LogP contribution in [0.1, 0.15) is 6.42 Å². The van der Waals surface area contributed by atoms with Gasteiger partial charge in [0.15, 0.2) is 0 Å². The van der Waals surface area contributed by atoms with Gasteiger partial charge in [-0.25, -0.2) is 0 Å². The van der Waals surface area contributed by atoms with E-state index in [1.807, 2.05) is 0 Å². The summed E-state index contributed by atoms with van der Waals surface area (Å²) >= 11 is 0. The molecule has 0 radical (unpaired) electrons. The number of nitrogens with one attached hydrogen (secondary N) is 1. The lowest BCUT2D eigenvalue weighted by atomic mass is 10.4. The summed E-state index contributed by atoms with van der Waals surface area (Å²) in [5.41, 5.74) is 0. The summed E-state index contributed by atoms with van der Waals surface area (Å²) in [6.45, 7) is 0.209. The number of carbonyl (C=O) groups excluding carboxylic acids is 1. The highest BCUT2D eigenvalue weighted by molar-refractivity contribution is 5.81. The zero-order valence-electron chi connectivity index (χ0n) is 8.67. The minimum Gasteiger partial charge on any atom is -0.481 e. The van der Waals surface area contributed by atoms with Crippen molar-refractivity contribution in [2.45, 2.75) is 12.6 Å². The molecular formula is C8H13F3N2O3. The Balaban J connectivity index is 3.66. The smallest absolute Gasteiger partial charge is 0.471 e. The maximum atomic E-state index is 11.7. The number of amides is 1. The number of carboxylic acid groups (broad SMARTS) is 1. The van der Waals surface area contributed by atoms with Crippen molar-refractivity contribution in [2.24, 2.45) is 0 Å². The van der Waals surface area contributed by atoms with E-state index in [0.717, 1.165) is 0 Å². The van der Waals surface area contributed by atoms with Crippen molar-refractivity contribution in [1.82, 2.24) is 10.2 Å². The van der Waals surface area contributed by atoms with Crippen LogP contribution in [0.3, 0.4) is 0 Å². The van der Waals surface area contributed by atoms with Crippen molar-refractivity contribution in [1.29, 1.82) is 0 Å². The molecule has 0 saturated carbocycles. The number of rotatable bonds is 6. The molecule has 0 rings (SSSR count). The molecule has 8 heteroatoms. The molecule has 0 aromatic rings. The monoisotopic (exact) mass is 242 g/mol. The highest BCUT2D eigenvalue weighted by Crippen LogP contribution is 2.13. The maximum absolute atomic E-state index is 11.7. The van der Waals surface area contributed by atoms with E-state index in [1.165, 1.54) is 4.90 Å². The van der Waals surface area contributed by atoms with Gasteiger partial charge >= 0.3 is 18.1 Å². The lowest BCUT2D eigenvalue weighted by molar-refractivity contribution is -0.173. The molecule has 16 heavy (non-hydrogen) atoms. The number of halogens is 3. The summed E-state index contributed by atoms with van der Waals surface area (Å²) in [7, 11) is 1.56. The first-order valence-corrected chi connectivity index (χ1v) is 4.49. The third kappa shape index (κ3) is 7.04. The summed E-state index contributed by atoms with van der Waals surface area (Å²) in [6, 6.07) is 0. The van der Waals surface area contributed by atoms with Crippen molar-refractivity contribution in [3.8, 4) is 0 Å². The molecule has 94 valence electrons. The van der Waals surface area contributed by atoms with Crippen molar-refractivity contribution in [2.75, 3.05) is 26.7 Å². The van der Waals surface area contributed by atoms with Crippen LogP contribution in [0.4, 0.5) is 13.2 Å². The molecule has 0 aliphatic heterocycles. The Kier molecular flexibility index (Phi) is 5.79. The van der Waals surface area contributed by atoms with E-state index in [4.69, 9.17) is 5.11 Å². The highest BCUT2D eigenvalue weighted by atomic mass is 19.4. The fourth-order valence-corrected chi connectivity index (χ4v) is 0.859. The molecule has 0 saturated heterocycles. The zero-order valence-corrected chi connectivity index (χ0v) is 8.67. The van der Waals surface area contributed by atoms with Crippen LogP contribution in [0.25, 0.3) is 0 Å². The van der Waals surface area contributed by atoms with Gasteiger partial charge < -0.3 is 15.3 Å². The van der Waals surface area contributed by atoms with Gasteiger partial charge in [-0.05, 0) is 7.05 Å². The molecular weight excluding hydrogens is 229 g/mol. The molecule has 0 fully saturated rings. The van der Waals surface area contributed by atoms with Gasteiger partial charge in [-0.15, -0.1) is 0 Å². The van der Waals surface area contributed by atoms with Crippen LogP contribution in [0, 0.1) is 0 Å². The topological polar surface area (TPSA) is 69.6 Å². The second kappa shape index (κ2) is 6.31. The standard InChI is InChI=1S/C8H13F3N2O3/c1-13(4-2-6(14)15)5-3-12-7(16)8(9,10)11/h2-5H2,1H3,(H,12,16)(H,14,15). The van der Waals surface area contributed by atoms with E-state index >= 15 is 0 Å². The molecule has 0 bridgehead atoms. The van der Waals surface area contributed by atoms with E-state index in [2.05, 4.69) is 0 Å². The van der Waals surface area contributed by atoms with Gasteiger partial charge in [0.2, 0.25) is 0 Å². The molecule has 0 aliphatic carbocycles. The number of nitrogens with zero attached hydrogens (tertiary/aromatic N) is 1. The second-order valence-corrected chi connectivity index (χ2v) is 3.20. The fraction of sp³-hybridized carbons (Fsp3) is 0.750. The first kappa shape index (κ1) is 14.7. The van der Waals surface area contributed by atoms with Crippen molar-refractivity contribution >= 4 is 11.9 Å². The molecule has 1 amide bonds. The number of hydrogen-bond acceptors (Lipinski definition) is 3. The predicted molar refractivity (Wildman–Crippen MR) is 48.8 cm³/mol. The Labute approximate surface area is 90.2 Å². The van der Waals surface area contributed by atoms with Crippen LogP contribution in [-0.4, -0.2) is 54.7 Å². The molecule has 0 aromatic carbocycles. The molecule has 0 aromatic heterocycles. The number of aliphatic carboxylic acids is 1. The van der Waals surface area contributed by atoms with E-state index < -0.39 is 18.1 Å². The normalized spacial score (nSPS) is 11.6. The third-order valence-electron chi connectivity index (χ3n) is 1.74. The highest BCUT2D eigenvalue weighted by Gasteiger charge is 2.38. The van der Waals surface area contributed by atoms with E-state index in [-0.39, 0.29) is 26.1 Å². The molecule has 0 atom stereocenters. The minimum atomic E-state index is -4.88. The number of carboxylic acids is 1. The average Bonchev–Trinajstić information content (AvgIpc) is 2.13. The van der Waals surface area contributed by atoms with Crippen molar-refractivity contribution < 1.29 is 27.9 Å². The molecule has 2 N–H and O–H groups in total. The molecule has 0 aliphatic rings. The molecule has 5 nitrogen and oxygen atoms in total. The first-order valence-electron chi connectivity index (χ1n) is 4.49. The summed E-state index contributed by atoms with van der Waals surface area (Å²) < 4.78 is 35.2. The van der Waals surface area contributed by atoms with Crippen LogP contribution in [0.5, 0.6) is 0 Å². The van der Waals surface area contributed by atoms with Crippen LogP contribution in [-0.2, 0) is 9.59 Å². The van der Waals surface area contributed by atoms with Crippen LogP contribution in [0.15, 0.2) is 0 Å². The Morgan fingerprint density at radius 3 is 2.31 bits per heavy atom. The number of likely N-dealkylation sites (N-methyl/N-ethyl adjacent to an activating group) is 1. The van der Waals surface area contributed by atoms with Gasteiger partial charge in [-0.1, -0.05) is 0 Å². The maximum Gasteiger partial charge on any atom is 0.471 e. The molecule has 0 unspecified atom stereocenters. The van der Waals surface area contributed by atoms with Gasteiger partial charge in [0.05, 0.1) is 6.42 Å². The summed E-state index contributed by atoms with van der Waals surface area (Å²) in [4.78, 5) is 22.1. The van der Waals surface area contributed by atoms with Crippen molar-refractivity contribution in [3.05, 3.63) is 0 Å². The lowest BCUT2D eigenvalue weighted by Crippen LogP contribution is -2.40. The van der Waals surface area contributed by atoms with Gasteiger partial charge in [-0.2, -0.15) is 13.2 Å². The Morgan fingerprint density at radius 2 is 1.88 bits per heavy atom. The van der Waals surface area contributed by atoms with E-state index in [0.29, 0.717) is 0 Å². The largest absolute Gasteiger partial charge is 0.481 e. The first-order chi connectivity index (χ1) is 7.23. The SMILES string of the molecule is CN(CCNC(=O)C(F)(F)F)CCC(=O)O. The Hall–Kier alpha value is -1.31. The van der Waals surface area contributed by atoms with Crippen LogP contribution in [0.2, 0.25) is 0 Å². The van der Waals surface area contributed by atoms with Crippen LogP contribution >= 0.6 is 0 Å². The van der Waals surface area contributed by atoms with Gasteiger partial charge in [0, 0.05) is 19.6 Å². The summed E-state index contributed by atoms with van der Waals surface area (Å²) in [5, 5.41) is 10.0. The number of carbonyl (C=O) groups is 2. The number of hydrogen-bond donors (Lipinski definition) is 2. The average molecular weight is 242 g/mol. The minimum absolute atomic E-state index is 0.0935. The van der Waals surface area contributed by atoms with E-state index in [9.17, 15) is 22.8 Å². The van der Waals surface area contributed by atoms with Crippen molar-refractivity contribution in [3.63, 3.8) is 0 Å². The van der Waals surface area contributed by atoms with Gasteiger partial charge in [0.25, 0.3) is 0 Å². The third-order valence-corrected chi connectivity index (χ3v) is 1.74. The Morgan fingerprint density at radius 1 is 1.31 bits per heavy atom. The van der Waals surface area contributed by atoms with Gasteiger partial charge in [-0.3, -0.25) is 9.59 Å². The Bertz CT molecular complexity index is 255. The lowest BCUT2D eigenvalue weighted by Gasteiger charge is -2.15. The molecule has 0 heterocycles. The zero-order chi connectivity index (χ0) is 12.8. The quantitative estimate of drug-likeness (QED) is 0.691. The fourth-order valence-electron chi connectivity index (χ4n) is 0.859. The van der Waals surface area contributed by atoms with Crippen LogP contribution < -0.4 is 5.32 Å². The van der Waals surface area contributed by atoms with Gasteiger partial charge in [0.1, 0.15) is 0 Å². The summed E-state index contributed by atoms with van der Waals surface area (Å²) in [5.74, 6) is -2.97. The van der Waals surface area contributed by atoms with E-state index in [1.54, 1.807) is 12.4 Å². The number of alkyl halides is 3. The predicted octanol–water partition coefficient (Wildman–Crippen LogP) is 0.0714. The molecule has 0 spiro atoms.